The summed E-state index contributed by atoms with van der Waals surface area (Å²) in [4.78, 5) is 11.9. The number of rotatable bonds is 2. The van der Waals surface area contributed by atoms with Crippen LogP contribution in [0.1, 0.15) is 11.1 Å². The van der Waals surface area contributed by atoms with Gasteiger partial charge in [-0.3, -0.25) is 5.32 Å². The van der Waals surface area contributed by atoms with Gasteiger partial charge in [-0.2, -0.15) is 0 Å². The number of hydrogen-bond donors (Lipinski definition) is 1. The Hall–Kier alpha value is -1.23. The molecule has 0 saturated carbocycles. The molecule has 1 amide bonds. The fourth-order valence-corrected chi connectivity index (χ4v) is 2.55. The third-order valence-electron chi connectivity index (χ3n) is 2.94. The molecule has 1 N–H and O–H groups in total. The van der Waals surface area contributed by atoms with Crippen LogP contribution in [0.2, 0.25) is 10.0 Å². The maximum atomic E-state index is 11.9. The van der Waals surface area contributed by atoms with Gasteiger partial charge >= 0.3 is 6.09 Å². The molecule has 0 saturated heterocycles. The number of aryl methyl sites for hydroxylation is 2. The maximum Gasteiger partial charge on any atom is 0.417 e. The van der Waals surface area contributed by atoms with Gasteiger partial charge in [-0.05, 0) is 65.2 Å². The third-order valence-corrected chi connectivity index (χ3v) is 4.38. The highest BCUT2D eigenvalue weighted by Gasteiger charge is 2.12. The van der Waals surface area contributed by atoms with Crippen LogP contribution in [-0.4, -0.2) is 6.09 Å². The lowest BCUT2D eigenvalue weighted by Crippen LogP contribution is -2.17. The Morgan fingerprint density at radius 1 is 1.19 bits per heavy atom. The second kappa shape index (κ2) is 6.69. The number of ether oxygens (including phenoxy) is 1. The first-order valence-electron chi connectivity index (χ1n) is 6.08. The van der Waals surface area contributed by atoms with Gasteiger partial charge in [0.15, 0.2) is 0 Å². The van der Waals surface area contributed by atoms with E-state index < -0.39 is 6.09 Å². The molecular weight excluding hydrogens is 377 g/mol. The molecule has 110 valence electrons. The molecule has 0 bridgehead atoms. The zero-order valence-corrected chi connectivity index (χ0v) is 14.4. The predicted octanol–water partition coefficient (Wildman–Crippen LogP) is 5.98. The van der Waals surface area contributed by atoms with Gasteiger partial charge in [-0.25, -0.2) is 4.79 Å². The number of carbonyl (C=O) groups is 1. The van der Waals surface area contributed by atoms with E-state index >= 15 is 0 Å². The average molecular weight is 389 g/mol. The van der Waals surface area contributed by atoms with E-state index in [1.165, 1.54) is 0 Å². The average Bonchev–Trinajstić information content (AvgIpc) is 2.41. The van der Waals surface area contributed by atoms with Gasteiger partial charge in [0, 0.05) is 0 Å². The van der Waals surface area contributed by atoms with Gasteiger partial charge in [0.1, 0.15) is 5.75 Å². The van der Waals surface area contributed by atoms with Crippen molar-refractivity contribution in [3.63, 3.8) is 0 Å². The summed E-state index contributed by atoms with van der Waals surface area (Å²) < 4.78 is 5.99. The van der Waals surface area contributed by atoms with Crippen LogP contribution in [0.4, 0.5) is 10.5 Å². The molecule has 0 aromatic heterocycles. The summed E-state index contributed by atoms with van der Waals surface area (Å²) in [7, 11) is 0. The van der Waals surface area contributed by atoms with E-state index in [0.29, 0.717) is 20.9 Å². The van der Waals surface area contributed by atoms with Gasteiger partial charge in [-0.15, -0.1) is 0 Å². The fraction of sp³-hybridized carbons (Fsp3) is 0.133. The van der Waals surface area contributed by atoms with Crippen LogP contribution in [0.5, 0.6) is 5.75 Å². The molecule has 2 aromatic carbocycles. The zero-order chi connectivity index (χ0) is 15.6. The first-order chi connectivity index (χ1) is 9.88. The van der Waals surface area contributed by atoms with Crippen molar-refractivity contribution in [2.75, 3.05) is 5.32 Å². The van der Waals surface area contributed by atoms with Crippen molar-refractivity contribution >= 4 is 50.9 Å². The molecule has 2 rings (SSSR count). The molecule has 6 heteroatoms. The van der Waals surface area contributed by atoms with Gasteiger partial charge < -0.3 is 4.74 Å². The number of amides is 1. The lowest BCUT2D eigenvalue weighted by molar-refractivity contribution is 0.215. The zero-order valence-electron chi connectivity index (χ0n) is 11.3. The molecule has 21 heavy (non-hydrogen) atoms. The lowest BCUT2D eigenvalue weighted by atomic mass is 10.1. The van der Waals surface area contributed by atoms with Crippen molar-refractivity contribution in [1.82, 2.24) is 0 Å². The number of benzene rings is 2. The van der Waals surface area contributed by atoms with E-state index in [-0.39, 0.29) is 5.02 Å². The smallest absolute Gasteiger partial charge is 0.409 e. The second-order valence-corrected chi connectivity index (χ2v) is 6.12. The summed E-state index contributed by atoms with van der Waals surface area (Å²) in [6.45, 7) is 3.93. The van der Waals surface area contributed by atoms with E-state index in [1.54, 1.807) is 24.3 Å². The van der Waals surface area contributed by atoms with E-state index in [4.69, 9.17) is 27.9 Å². The van der Waals surface area contributed by atoms with E-state index in [1.807, 2.05) is 19.9 Å². The molecule has 3 nitrogen and oxygen atoms in total. The van der Waals surface area contributed by atoms with Crippen LogP contribution < -0.4 is 10.1 Å². The molecule has 0 spiro atoms. The Morgan fingerprint density at radius 3 is 2.57 bits per heavy atom. The minimum Gasteiger partial charge on any atom is -0.409 e. The summed E-state index contributed by atoms with van der Waals surface area (Å²) in [5, 5.41) is 3.20. The third kappa shape index (κ3) is 3.90. The van der Waals surface area contributed by atoms with Crippen LogP contribution in [-0.2, 0) is 0 Å². The highest BCUT2D eigenvalue weighted by atomic mass is 79.9. The standard InChI is InChI=1S/C15H12BrCl2NO2/c1-8-6-10(16)13(7-9(8)2)21-15(20)19-12-5-3-4-11(17)14(12)18/h3-7H,1-2H3,(H,19,20). The normalized spacial score (nSPS) is 10.3. The number of halogens is 3. The van der Waals surface area contributed by atoms with Gasteiger partial charge in [0.05, 0.1) is 20.2 Å². The van der Waals surface area contributed by atoms with Crippen LogP contribution in [0.3, 0.4) is 0 Å². The summed E-state index contributed by atoms with van der Waals surface area (Å²) in [6, 6.07) is 8.66. The second-order valence-electron chi connectivity index (χ2n) is 4.48. The van der Waals surface area contributed by atoms with Gasteiger partial charge in [0.25, 0.3) is 0 Å². The van der Waals surface area contributed by atoms with Crippen LogP contribution >= 0.6 is 39.1 Å². The molecule has 0 radical (unpaired) electrons. The minimum atomic E-state index is -0.636. The number of carbonyl (C=O) groups excluding carboxylic acids is 1. The van der Waals surface area contributed by atoms with Gasteiger partial charge in [0.2, 0.25) is 0 Å². The lowest BCUT2D eigenvalue weighted by Gasteiger charge is -2.11. The van der Waals surface area contributed by atoms with Crippen molar-refractivity contribution in [1.29, 1.82) is 0 Å². The largest absolute Gasteiger partial charge is 0.417 e. The molecular formula is C15H12BrCl2NO2. The number of nitrogens with one attached hydrogen (secondary N) is 1. The molecule has 0 fully saturated rings. The SMILES string of the molecule is Cc1cc(Br)c(OC(=O)Nc2cccc(Cl)c2Cl)cc1C. The number of anilines is 1. The maximum absolute atomic E-state index is 11.9. The first kappa shape index (κ1) is 16.1. The Labute approximate surface area is 141 Å². The molecule has 0 aliphatic heterocycles. The Balaban J connectivity index is 2.16. The van der Waals surface area contributed by atoms with Crippen LogP contribution in [0, 0.1) is 13.8 Å². The molecule has 0 unspecified atom stereocenters. The highest BCUT2D eigenvalue weighted by molar-refractivity contribution is 9.10. The number of hydrogen-bond acceptors (Lipinski definition) is 2. The van der Waals surface area contributed by atoms with Crippen molar-refractivity contribution in [2.24, 2.45) is 0 Å². The van der Waals surface area contributed by atoms with Crippen LogP contribution in [0.15, 0.2) is 34.8 Å². The topological polar surface area (TPSA) is 38.3 Å². The van der Waals surface area contributed by atoms with Crippen molar-refractivity contribution in [3.05, 3.63) is 56.0 Å². The first-order valence-corrected chi connectivity index (χ1v) is 7.63. The Morgan fingerprint density at radius 2 is 1.86 bits per heavy atom. The molecule has 2 aromatic rings. The molecule has 0 atom stereocenters. The summed E-state index contributed by atoms with van der Waals surface area (Å²) in [6.07, 6.45) is -0.636. The van der Waals surface area contributed by atoms with Gasteiger partial charge in [-0.1, -0.05) is 29.3 Å². The highest BCUT2D eigenvalue weighted by Crippen LogP contribution is 2.31. The van der Waals surface area contributed by atoms with E-state index in [0.717, 1.165) is 11.1 Å². The summed E-state index contributed by atoms with van der Waals surface area (Å²) in [5.74, 6) is 0.439. The quantitative estimate of drug-likeness (QED) is 0.686. The van der Waals surface area contributed by atoms with E-state index in [2.05, 4.69) is 21.2 Å². The van der Waals surface area contributed by atoms with Crippen molar-refractivity contribution < 1.29 is 9.53 Å². The summed E-state index contributed by atoms with van der Waals surface area (Å²) in [5.41, 5.74) is 2.53. The molecule has 0 aliphatic carbocycles. The Kier molecular flexibility index (Phi) is 5.14. The molecule has 0 heterocycles. The van der Waals surface area contributed by atoms with Crippen LogP contribution in [0.25, 0.3) is 0 Å². The molecule has 0 aliphatic rings. The minimum absolute atomic E-state index is 0.273. The monoisotopic (exact) mass is 387 g/mol. The van der Waals surface area contributed by atoms with Crippen molar-refractivity contribution in [3.8, 4) is 5.75 Å². The fourth-order valence-electron chi connectivity index (χ4n) is 1.67. The van der Waals surface area contributed by atoms with E-state index in [9.17, 15) is 4.79 Å². The predicted molar refractivity (Wildman–Crippen MR) is 89.7 cm³/mol. The summed E-state index contributed by atoms with van der Waals surface area (Å²) >= 11 is 15.3. The Bertz CT molecular complexity index is 704. The van der Waals surface area contributed by atoms with Crippen molar-refractivity contribution in [2.45, 2.75) is 13.8 Å².